The van der Waals surface area contributed by atoms with Crippen molar-refractivity contribution in [2.45, 2.75) is 14.7 Å². The molecule has 1 aliphatic heterocycles. The summed E-state index contributed by atoms with van der Waals surface area (Å²) in [4.78, 5) is 4.08. The monoisotopic (exact) mass is 287 g/mol. The van der Waals surface area contributed by atoms with Crippen LogP contribution >= 0.6 is 10.0 Å². The fraction of sp³-hybridized carbons (Fsp3) is 0. The predicted octanol–water partition coefficient (Wildman–Crippen LogP) is 5.76. The highest BCUT2D eigenvalue weighted by molar-refractivity contribution is 8.35. The number of rotatable bonds is 2. The van der Waals surface area contributed by atoms with Crippen molar-refractivity contribution in [2.75, 3.05) is 0 Å². The highest BCUT2D eigenvalue weighted by atomic mass is 32.3. The summed E-state index contributed by atoms with van der Waals surface area (Å²) in [5, 5.41) is 3.73. The van der Waals surface area contributed by atoms with E-state index in [4.69, 9.17) is 0 Å². The number of hydrogen-bond donors (Lipinski definition) is 0. The Morgan fingerprint density at radius 1 is 0.571 bits per heavy atom. The van der Waals surface area contributed by atoms with Crippen LogP contribution < -0.4 is 0 Å². The summed E-state index contributed by atoms with van der Waals surface area (Å²) in [7, 11) is -1.38. The lowest BCUT2D eigenvalue weighted by atomic mass is 10.2. The van der Waals surface area contributed by atoms with E-state index < -0.39 is 10.0 Å². The zero-order valence-corrected chi connectivity index (χ0v) is 12.4. The maximum Gasteiger partial charge on any atom is 0.0160 e. The molecule has 1 heteroatoms. The molecular weight excluding hydrogens is 272 g/mol. The summed E-state index contributed by atoms with van der Waals surface area (Å²) in [5.74, 6) is 0. The molecule has 4 rings (SSSR count). The van der Waals surface area contributed by atoms with Crippen LogP contribution in [0, 0.1) is 5.41 Å². The molecule has 1 aliphatic rings. The third kappa shape index (κ3) is 1.85. The maximum absolute atomic E-state index is 3.73. The van der Waals surface area contributed by atoms with Crippen LogP contribution in [0.2, 0.25) is 0 Å². The Morgan fingerprint density at radius 3 is 1.71 bits per heavy atom. The van der Waals surface area contributed by atoms with E-state index in [2.05, 4.69) is 96.4 Å². The van der Waals surface area contributed by atoms with Crippen molar-refractivity contribution in [2.24, 2.45) is 0 Å². The Morgan fingerprint density at radius 2 is 1.10 bits per heavy atom. The lowest BCUT2D eigenvalue weighted by molar-refractivity contribution is 1.30. The quantitative estimate of drug-likeness (QED) is 0.562. The van der Waals surface area contributed by atoms with Gasteiger partial charge in [0.25, 0.3) is 0 Å². The van der Waals surface area contributed by atoms with Crippen LogP contribution in [0.4, 0.5) is 0 Å². The van der Waals surface area contributed by atoms with Crippen LogP contribution in [0.25, 0.3) is 6.08 Å². The van der Waals surface area contributed by atoms with Gasteiger partial charge in [-0.2, -0.15) is 0 Å². The van der Waals surface area contributed by atoms with E-state index in [-0.39, 0.29) is 0 Å². The molecule has 1 heterocycles. The van der Waals surface area contributed by atoms with E-state index in [1.54, 1.807) is 0 Å². The van der Waals surface area contributed by atoms with Gasteiger partial charge < -0.3 is 0 Å². The highest BCUT2D eigenvalue weighted by Crippen LogP contribution is 2.72. The van der Waals surface area contributed by atoms with Gasteiger partial charge in [0.2, 0.25) is 0 Å². The first-order valence-corrected chi connectivity index (χ1v) is 8.68. The lowest BCUT2D eigenvalue weighted by Crippen LogP contribution is -1.99. The molecule has 0 nitrogen and oxygen atoms in total. The summed E-state index contributed by atoms with van der Waals surface area (Å²) in [6.07, 6.45) is 2.16. The third-order valence-electron chi connectivity index (χ3n) is 3.83. The first kappa shape index (κ1) is 12.5. The molecule has 21 heavy (non-hydrogen) atoms. The van der Waals surface area contributed by atoms with Gasteiger partial charge in [0.1, 0.15) is 0 Å². The summed E-state index contributed by atoms with van der Waals surface area (Å²) in [6, 6.07) is 30.2. The lowest BCUT2D eigenvalue weighted by Gasteiger charge is -2.35. The van der Waals surface area contributed by atoms with E-state index in [0.717, 1.165) is 0 Å². The molecule has 0 saturated heterocycles. The molecule has 0 atom stereocenters. The number of hydrogen-bond acceptors (Lipinski definition) is 0. The summed E-state index contributed by atoms with van der Waals surface area (Å²) in [6.45, 7) is 0. The molecule has 0 fully saturated rings. The molecule has 0 aliphatic carbocycles. The molecule has 3 aromatic rings. The third-order valence-corrected chi connectivity index (χ3v) is 7.30. The first-order valence-electron chi connectivity index (χ1n) is 7.04. The summed E-state index contributed by atoms with van der Waals surface area (Å²) >= 11 is 0. The standard InChI is InChI=1S/C20H15S/c1-3-10-18(11-4-1)21(19-12-5-2-6-13-19)16-15-17-9-7-8-14-20(17)21/h1-15H. The van der Waals surface area contributed by atoms with Crippen molar-refractivity contribution in [3.8, 4) is 0 Å². The fourth-order valence-electron chi connectivity index (χ4n) is 2.87. The number of fused-ring (bicyclic) bond motifs is 1. The van der Waals surface area contributed by atoms with E-state index in [1.165, 1.54) is 20.2 Å². The van der Waals surface area contributed by atoms with Crippen LogP contribution in [0.1, 0.15) is 5.56 Å². The van der Waals surface area contributed by atoms with Crippen molar-refractivity contribution < 1.29 is 0 Å². The van der Waals surface area contributed by atoms with Gasteiger partial charge in [-0.3, -0.25) is 0 Å². The predicted molar refractivity (Wildman–Crippen MR) is 89.4 cm³/mol. The SMILES string of the molecule is [C]1=Cc2ccccc2S1(c1ccccc1)c1ccccc1. The minimum absolute atomic E-state index is 1.29. The molecule has 3 aromatic carbocycles. The van der Waals surface area contributed by atoms with E-state index in [1.807, 2.05) is 0 Å². The van der Waals surface area contributed by atoms with Gasteiger partial charge in [-0.05, 0) is 42.0 Å². The van der Waals surface area contributed by atoms with Gasteiger partial charge in [-0.25, -0.2) is 0 Å². The van der Waals surface area contributed by atoms with E-state index >= 15 is 0 Å². The van der Waals surface area contributed by atoms with Crippen LogP contribution in [0.15, 0.2) is 99.6 Å². The largest absolute Gasteiger partial charge is 0.131 e. The smallest absolute Gasteiger partial charge is 0.0160 e. The van der Waals surface area contributed by atoms with Crippen LogP contribution in [-0.2, 0) is 0 Å². The van der Waals surface area contributed by atoms with Gasteiger partial charge in [-0.1, -0.05) is 54.6 Å². The molecule has 0 aromatic heterocycles. The molecule has 0 amide bonds. The van der Waals surface area contributed by atoms with Crippen molar-refractivity contribution in [1.82, 2.24) is 0 Å². The second kappa shape index (κ2) is 4.94. The zero-order chi connectivity index (χ0) is 14.1. The van der Waals surface area contributed by atoms with Gasteiger partial charge >= 0.3 is 0 Å². The average molecular weight is 287 g/mol. The van der Waals surface area contributed by atoms with Crippen molar-refractivity contribution in [3.05, 3.63) is 95.9 Å². The van der Waals surface area contributed by atoms with Crippen LogP contribution in [0.5, 0.6) is 0 Å². The summed E-state index contributed by atoms with van der Waals surface area (Å²) < 4.78 is 0. The molecule has 0 unspecified atom stereocenters. The Labute approximate surface area is 127 Å². The first-order chi connectivity index (χ1) is 10.4. The highest BCUT2D eigenvalue weighted by Gasteiger charge is 2.33. The fourth-order valence-corrected chi connectivity index (χ4v) is 6.25. The Hall–Kier alpha value is -2.25. The minimum Gasteiger partial charge on any atom is -0.131 e. The van der Waals surface area contributed by atoms with E-state index in [9.17, 15) is 0 Å². The van der Waals surface area contributed by atoms with E-state index in [0.29, 0.717) is 0 Å². The van der Waals surface area contributed by atoms with Gasteiger partial charge in [-0.15, -0.1) is 10.0 Å². The zero-order valence-electron chi connectivity index (χ0n) is 11.6. The van der Waals surface area contributed by atoms with Crippen molar-refractivity contribution in [3.63, 3.8) is 0 Å². The molecule has 0 bridgehead atoms. The van der Waals surface area contributed by atoms with Crippen LogP contribution in [0.3, 0.4) is 0 Å². The van der Waals surface area contributed by atoms with Gasteiger partial charge in [0.05, 0.1) is 0 Å². The minimum atomic E-state index is -1.38. The molecule has 0 N–H and O–H groups in total. The molecule has 0 saturated carbocycles. The Bertz CT molecular complexity index is 749. The second-order valence-corrected chi connectivity index (χ2v) is 7.88. The second-order valence-electron chi connectivity index (χ2n) is 5.04. The maximum atomic E-state index is 3.73. The van der Waals surface area contributed by atoms with Gasteiger partial charge in [0, 0.05) is 20.1 Å². The van der Waals surface area contributed by atoms with Crippen LogP contribution in [-0.4, -0.2) is 0 Å². The average Bonchev–Trinajstić information content (AvgIpc) is 2.97. The molecule has 101 valence electrons. The number of benzene rings is 3. The molecule has 1 radical (unpaired) electrons. The van der Waals surface area contributed by atoms with Crippen molar-refractivity contribution in [1.29, 1.82) is 0 Å². The van der Waals surface area contributed by atoms with Gasteiger partial charge in [0.15, 0.2) is 0 Å². The Balaban J connectivity index is 2.05. The Kier molecular flexibility index (Phi) is 2.94. The topological polar surface area (TPSA) is 0 Å². The molecule has 0 spiro atoms. The van der Waals surface area contributed by atoms with Crippen molar-refractivity contribution >= 4 is 16.1 Å². The normalized spacial score (nSPS) is 16.4. The summed E-state index contributed by atoms with van der Waals surface area (Å²) in [5.41, 5.74) is 1.29. The molecular formula is C20H15S.